The normalized spacial score (nSPS) is 14.8. The maximum absolute atomic E-state index is 13.0. The quantitative estimate of drug-likeness (QED) is 0.715. The molecule has 0 atom stereocenters. The van der Waals surface area contributed by atoms with Crippen LogP contribution in [0.2, 0.25) is 0 Å². The first kappa shape index (κ1) is 15.9. The molecule has 0 aliphatic carbocycles. The van der Waals surface area contributed by atoms with Crippen LogP contribution in [0.15, 0.2) is 42.7 Å². The molecule has 3 heterocycles. The molecule has 0 saturated carbocycles. The minimum atomic E-state index is -0.220. The van der Waals surface area contributed by atoms with Gasteiger partial charge in [0.2, 0.25) is 11.1 Å². The molecule has 1 aliphatic rings. The van der Waals surface area contributed by atoms with Gasteiger partial charge in [-0.05, 0) is 23.8 Å². The maximum atomic E-state index is 13.0. The van der Waals surface area contributed by atoms with Gasteiger partial charge in [-0.2, -0.15) is 0 Å². The topological polar surface area (TPSA) is 58.0 Å². The summed E-state index contributed by atoms with van der Waals surface area (Å²) < 4.78 is 13.0. The number of hydrogen-bond donors (Lipinski definition) is 0. The molecule has 0 unspecified atom stereocenters. The average molecular weight is 356 g/mol. The van der Waals surface area contributed by atoms with Gasteiger partial charge in [-0.1, -0.05) is 23.5 Å². The van der Waals surface area contributed by atoms with Crippen LogP contribution in [-0.4, -0.2) is 46.3 Å². The summed E-state index contributed by atoms with van der Waals surface area (Å²) in [5.74, 6) is 0.554. The first-order chi connectivity index (χ1) is 12.3. The second kappa shape index (κ2) is 7.10. The van der Waals surface area contributed by atoms with Gasteiger partial charge in [0.25, 0.3) is 0 Å². The van der Waals surface area contributed by atoms with Crippen LogP contribution >= 0.6 is 11.3 Å². The van der Waals surface area contributed by atoms with Crippen LogP contribution < -0.4 is 9.80 Å². The van der Waals surface area contributed by atoms with Crippen molar-refractivity contribution in [3.8, 4) is 0 Å². The summed E-state index contributed by atoms with van der Waals surface area (Å²) in [4.78, 5) is 13.0. The first-order valence-electron chi connectivity index (χ1n) is 8.12. The summed E-state index contributed by atoms with van der Waals surface area (Å²) in [6.07, 6.45) is 4.21. The third kappa shape index (κ3) is 3.74. The molecular weight excluding hydrogens is 339 g/mol. The number of benzene rings is 1. The van der Waals surface area contributed by atoms with Gasteiger partial charge in [0.05, 0.1) is 0 Å². The van der Waals surface area contributed by atoms with E-state index >= 15 is 0 Å². The molecule has 3 aromatic rings. The molecule has 1 fully saturated rings. The summed E-state index contributed by atoms with van der Waals surface area (Å²) in [5, 5.41) is 10.5. The number of nitrogens with zero attached hydrogens (tertiary/aromatic N) is 6. The van der Waals surface area contributed by atoms with Crippen LogP contribution in [0, 0.1) is 5.82 Å². The lowest BCUT2D eigenvalue weighted by molar-refractivity contribution is 0.627. The van der Waals surface area contributed by atoms with Crippen molar-refractivity contribution in [2.45, 2.75) is 6.42 Å². The zero-order valence-electron chi connectivity index (χ0n) is 13.5. The zero-order chi connectivity index (χ0) is 17.1. The Hall–Kier alpha value is -2.61. The van der Waals surface area contributed by atoms with Crippen molar-refractivity contribution in [1.29, 1.82) is 0 Å². The molecule has 1 saturated heterocycles. The highest BCUT2D eigenvalue weighted by molar-refractivity contribution is 7.15. The van der Waals surface area contributed by atoms with E-state index in [4.69, 9.17) is 0 Å². The van der Waals surface area contributed by atoms with Crippen LogP contribution in [0.1, 0.15) is 10.6 Å². The molecule has 25 heavy (non-hydrogen) atoms. The van der Waals surface area contributed by atoms with Crippen molar-refractivity contribution < 1.29 is 4.39 Å². The molecule has 1 aromatic carbocycles. The van der Waals surface area contributed by atoms with E-state index in [-0.39, 0.29) is 5.82 Å². The summed E-state index contributed by atoms with van der Waals surface area (Å²) in [5.41, 5.74) is 1.04. The Kier molecular flexibility index (Phi) is 4.51. The van der Waals surface area contributed by atoms with E-state index in [2.05, 4.69) is 30.0 Å². The summed E-state index contributed by atoms with van der Waals surface area (Å²) >= 11 is 1.60. The number of halogens is 1. The Morgan fingerprint density at radius 1 is 0.920 bits per heavy atom. The maximum Gasteiger partial charge on any atom is 0.225 e. The molecule has 0 spiro atoms. The molecule has 2 aromatic heterocycles. The third-order valence-corrected chi connectivity index (χ3v) is 5.09. The summed E-state index contributed by atoms with van der Waals surface area (Å²) in [6, 6.07) is 8.35. The predicted molar refractivity (Wildman–Crippen MR) is 95.6 cm³/mol. The van der Waals surface area contributed by atoms with Crippen molar-refractivity contribution in [2.24, 2.45) is 0 Å². The molecule has 4 rings (SSSR count). The summed E-state index contributed by atoms with van der Waals surface area (Å²) in [6.45, 7) is 3.45. The Bertz CT molecular complexity index is 815. The van der Waals surface area contributed by atoms with E-state index in [9.17, 15) is 4.39 Å². The number of hydrogen-bond acceptors (Lipinski definition) is 7. The highest BCUT2D eigenvalue weighted by Crippen LogP contribution is 2.24. The van der Waals surface area contributed by atoms with Gasteiger partial charge in [-0.15, -0.1) is 10.2 Å². The minimum absolute atomic E-state index is 0.220. The van der Waals surface area contributed by atoms with E-state index < -0.39 is 0 Å². The van der Waals surface area contributed by atoms with Gasteiger partial charge < -0.3 is 9.80 Å². The van der Waals surface area contributed by atoms with Crippen LogP contribution in [0.3, 0.4) is 0 Å². The smallest absolute Gasteiger partial charge is 0.225 e. The first-order valence-corrected chi connectivity index (χ1v) is 8.93. The SMILES string of the molecule is Fc1ccc(Cc2nnc(N3CCN(c4ncccn4)CC3)s2)cc1. The van der Waals surface area contributed by atoms with E-state index in [0.29, 0.717) is 6.42 Å². The lowest BCUT2D eigenvalue weighted by Gasteiger charge is -2.34. The van der Waals surface area contributed by atoms with Gasteiger partial charge in [0.1, 0.15) is 10.8 Å². The fraction of sp³-hybridized carbons (Fsp3) is 0.294. The molecule has 0 radical (unpaired) electrons. The van der Waals surface area contributed by atoms with E-state index in [0.717, 1.165) is 47.8 Å². The number of anilines is 2. The zero-order valence-corrected chi connectivity index (χ0v) is 14.4. The second-order valence-electron chi connectivity index (χ2n) is 5.80. The van der Waals surface area contributed by atoms with E-state index in [1.807, 2.05) is 6.07 Å². The largest absolute Gasteiger partial charge is 0.343 e. The highest BCUT2D eigenvalue weighted by atomic mass is 32.1. The van der Waals surface area contributed by atoms with Crippen LogP contribution in [0.25, 0.3) is 0 Å². The van der Waals surface area contributed by atoms with Gasteiger partial charge in [0, 0.05) is 45.0 Å². The lowest BCUT2D eigenvalue weighted by atomic mass is 10.2. The fourth-order valence-electron chi connectivity index (χ4n) is 2.77. The van der Waals surface area contributed by atoms with Crippen LogP contribution in [0.4, 0.5) is 15.5 Å². The van der Waals surface area contributed by atoms with Crippen LogP contribution in [0.5, 0.6) is 0 Å². The Balaban J connectivity index is 1.37. The molecule has 8 heteroatoms. The van der Waals surface area contributed by atoms with Crippen LogP contribution in [-0.2, 0) is 6.42 Å². The van der Waals surface area contributed by atoms with Gasteiger partial charge in [0.15, 0.2) is 0 Å². The molecule has 0 N–H and O–H groups in total. The Morgan fingerprint density at radius 2 is 1.60 bits per heavy atom. The highest BCUT2D eigenvalue weighted by Gasteiger charge is 2.21. The molecule has 0 bridgehead atoms. The Morgan fingerprint density at radius 3 is 2.32 bits per heavy atom. The number of aromatic nitrogens is 4. The van der Waals surface area contributed by atoms with E-state index in [1.54, 1.807) is 35.9 Å². The van der Waals surface area contributed by atoms with Crippen molar-refractivity contribution in [3.05, 3.63) is 59.1 Å². The molecule has 1 aliphatic heterocycles. The van der Waals surface area contributed by atoms with Crippen molar-refractivity contribution >= 4 is 22.4 Å². The van der Waals surface area contributed by atoms with Gasteiger partial charge in [-0.25, -0.2) is 14.4 Å². The molecule has 128 valence electrons. The number of rotatable bonds is 4. The van der Waals surface area contributed by atoms with Crippen molar-refractivity contribution in [3.63, 3.8) is 0 Å². The van der Waals surface area contributed by atoms with Gasteiger partial charge >= 0.3 is 0 Å². The van der Waals surface area contributed by atoms with Gasteiger partial charge in [-0.3, -0.25) is 0 Å². The van der Waals surface area contributed by atoms with E-state index in [1.165, 1.54) is 12.1 Å². The predicted octanol–water partition coefficient (Wildman–Crippen LogP) is 2.38. The third-order valence-electron chi connectivity index (χ3n) is 4.11. The monoisotopic (exact) mass is 356 g/mol. The Labute approximate surface area is 149 Å². The lowest BCUT2D eigenvalue weighted by Crippen LogP contribution is -2.47. The average Bonchev–Trinajstić information content (AvgIpc) is 3.13. The number of piperazine rings is 1. The molecular formula is C17H17FN6S. The molecule has 0 amide bonds. The van der Waals surface area contributed by atoms with Crippen molar-refractivity contribution in [2.75, 3.05) is 36.0 Å². The minimum Gasteiger partial charge on any atom is -0.343 e. The summed E-state index contributed by atoms with van der Waals surface area (Å²) in [7, 11) is 0. The second-order valence-corrected chi connectivity index (χ2v) is 6.85. The standard InChI is InChI=1S/C17H17FN6S/c18-14-4-2-13(3-5-14)12-15-21-22-17(25-15)24-10-8-23(9-11-24)16-19-6-1-7-20-16/h1-7H,8-12H2. The fourth-order valence-corrected chi connectivity index (χ4v) is 3.70. The van der Waals surface area contributed by atoms with Crippen molar-refractivity contribution in [1.82, 2.24) is 20.2 Å². The molecule has 6 nitrogen and oxygen atoms in total.